The van der Waals surface area contributed by atoms with Crippen molar-refractivity contribution in [3.63, 3.8) is 0 Å². The van der Waals surface area contributed by atoms with E-state index in [-0.39, 0.29) is 0 Å². The summed E-state index contributed by atoms with van der Waals surface area (Å²) in [7, 11) is 0. The van der Waals surface area contributed by atoms with Crippen LogP contribution in [0.1, 0.15) is 37.9 Å². The molecule has 1 aromatic carbocycles. The standard InChI is InChI=1S/C13H21N/c1-10(2)9-14-12(4)13-8-6-5-7-11(13)3/h5-8,10,12,14H,9H2,1-4H3/t12-/m0/s1. The Bertz CT molecular complexity index is 278. The van der Waals surface area contributed by atoms with Gasteiger partial charge >= 0.3 is 0 Å². The molecule has 14 heavy (non-hydrogen) atoms. The SMILES string of the molecule is Cc1ccccc1[C@H](C)NCC(C)C. The molecule has 0 aliphatic rings. The summed E-state index contributed by atoms with van der Waals surface area (Å²) < 4.78 is 0. The Balaban J connectivity index is 2.60. The van der Waals surface area contributed by atoms with Gasteiger partial charge in [0.1, 0.15) is 0 Å². The maximum atomic E-state index is 3.54. The monoisotopic (exact) mass is 191 g/mol. The molecule has 0 radical (unpaired) electrons. The molecule has 0 bridgehead atoms. The molecule has 0 heterocycles. The van der Waals surface area contributed by atoms with Crippen LogP contribution < -0.4 is 5.32 Å². The predicted octanol–water partition coefficient (Wildman–Crippen LogP) is 3.30. The lowest BCUT2D eigenvalue weighted by atomic mass is 10.0. The third-order valence-corrected chi connectivity index (χ3v) is 2.49. The van der Waals surface area contributed by atoms with E-state index in [0.29, 0.717) is 12.0 Å². The molecular weight excluding hydrogens is 170 g/mol. The van der Waals surface area contributed by atoms with Crippen LogP contribution in [0.25, 0.3) is 0 Å². The highest BCUT2D eigenvalue weighted by molar-refractivity contribution is 5.28. The molecule has 1 atom stereocenters. The van der Waals surface area contributed by atoms with Gasteiger partial charge < -0.3 is 5.32 Å². The van der Waals surface area contributed by atoms with E-state index in [2.05, 4.69) is 57.3 Å². The molecule has 0 saturated heterocycles. The Morgan fingerprint density at radius 1 is 1.14 bits per heavy atom. The van der Waals surface area contributed by atoms with E-state index in [4.69, 9.17) is 0 Å². The number of rotatable bonds is 4. The molecule has 0 aliphatic carbocycles. The van der Waals surface area contributed by atoms with Crippen molar-refractivity contribution in [3.8, 4) is 0 Å². The minimum atomic E-state index is 0.457. The van der Waals surface area contributed by atoms with Crippen LogP contribution in [0.2, 0.25) is 0 Å². The highest BCUT2D eigenvalue weighted by Crippen LogP contribution is 2.16. The van der Waals surface area contributed by atoms with Crippen LogP contribution in [0.5, 0.6) is 0 Å². The second-order valence-electron chi connectivity index (χ2n) is 4.38. The summed E-state index contributed by atoms with van der Waals surface area (Å²) in [6.45, 7) is 9.94. The summed E-state index contributed by atoms with van der Waals surface area (Å²) >= 11 is 0. The third kappa shape index (κ3) is 3.15. The van der Waals surface area contributed by atoms with Gasteiger partial charge in [-0.15, -0.1) is 0 Å². The molecule has 0 amide bonds. The Labute approximate surface area is 87.5 Å². The van der Waals surface area contributed by atoms with Gasteiger partial charge in [0.15, 0.2) is 0 Å². The molecule has 0 unspecified atom stereocenters. The van der Waals surface area contributed by atoms with Gasteiger partial charge in [0.2, 0.25) is 0 Å². The van der Waals surface area contributed by atoms with E-state index in [1.165, 1.54) is 11.1 Å². The number of nitrogens with one attached hydrogen (secondary N) is 1. The summed E-state index contributed by atoms with van der Waals surface area (Å²) in [5.41, 5.74) is 2.78. The topological polar surface area (TPSA) is 12.0 Å². The number of benzene rings is 1. The fourth-order valence-electron chi connectivity index (χ4n) is 1.60. The average Bonchev–Trinajstić information content (AvgIpc) is 2.15. The van der Waals surface area contributed by atoms with Crippen LogP contribution in [0.15, 0.2) is 24.3 Å². The van der Waals surface area contributed by atoms with Crippen molar-refractivity contribution in [2.75, 3.05) is 6.54 Å². The van der Waals surface area contributed by atoms with Crippen molar-refractivity contribution in [2.24, 2.45) is 5.92 Å². The first-order valence-corrected chi connectivity index (χ1v) is 5.40. The first-order chi connectivity index (χ1) is 6.61. The third-order valence-electron chi connectivity index (χ3n) is 2.49. The predicted molar refractivity (Wildman–Crippen MR) is 62.4 cm³/mol. The maximum Gasteiger partial charge on any atom is 0.0294 e. The van der Waals surface area contributed by atoms with E-state index in [0.717, 1.165) is 6.54 Å². The zero-order valence-corrected chi connectivity index (χ0v) is 9.67. The van der Waals surface area contributed by atoms with E-state index in [1.807, 2.05) is 0 Å². The van der Waals surface area contributed by atoms with Gasteiger partial charge in [-0.1, -0.05) is 38.1 Å². The molecule has 1 N–H and O–H groups in total. The Morgan fingerprint density at radius 3 is 2.36 bits per heavy atom. The number of hydrogen-bond acceptors (Lipinski definition) is 1. The second-order valence-corrected chi connectivity index (χ2v) is 4.38. The van der Waals surface area contributed by atoms with Gasteiger partial charge in [0.25, 0.3) is 0 Å². The van der Waals surface area contributed by atoms with Crippen molar-refractivity contribution in [2.45, 2.75) is 33.7 Å². The van der Waals surface area contributed by atoms with Crippen LogP contribution in [-0.2, 0) is 0 Å². The van der Waals surface area contributed by atoms with Crippen LogP contribution in [-0.4, -0.2) is 6.54 Å². The van der Waals surface area contributed by atoms with Crippen LogP contribution in [0.3, 0.4) is 0 Å². The van der Waals surface area contributed by atoms with E-state index >= 15 is 0 Å². The smallest absolute Gasteiger partial charge is 0.0294 e. The highest BCUT2D eigenvalue weighted by atomic mass is 14.9. The Morgan fingerprint density at radius 2 is 1.79 bits per heavy atom. The molecule has 1 aromatic rings. The first-order valence-electron chi connectivity index (χ1n) is 5.40. The molecular formula is C13H21N. The molecule has 1 rings (SSSR count). The molecule has 0 aliphatic heterocycles. The van der Waals surface area contributed by atoms with Gasteiger partial charge in [0, 0.05) is 6.04 Å². The molecule has 0 fully saturated rings. The van der Waals surface area contributed by atoms with E-state index in [9.17, 15) is 0 Å². The molecule has 1 nitrogen and oxygen atoms in total. The normalized spacial score (nSPS) is 13.2. The van der Waals surface area contributed by atoms with Gasteiger partial charge in [0.05, 0.1) is 0 Å². The lowest BCUT2D eigenvalue weighted by Crippen LogP contribution is -2.23. The van der Waals surface area contributed by atoms with Gasteiger partial charge in [-0.2, -0.15) is 0 Å². The summed E-state index contributed by atoms with van der Waals surface area (Å²) in [5.74, 6) is 0.710. The van der Waals surface area contributed by atoms with E-state index in [1.54, 1.807) is 0 Å². The molecule has 0 saturated carbocycles. The zero-order chi connectivity index (χ0) is 10.6. The summed E-state index contributed by atoms with van der Waals surface area (Å²) in [5, 5.41) is 3.54. The Hall–Kier alpha value is -0.820. The largest absolute Gasteiger partial charge is 0.310 e. The minimum absolute atomic E-state index is 0.457. The first kappa shape index (κ1) is 11.3. The highest BCUT2D eigenvalue weighted by Gasteiger charge is 2.06. The Kier molecular flexibility index (Phi) is 4.15. The van der Waals surface area contributed by atoms with Crippen molar-refractivity contribution < 1.29 is 0 Å². The number of aryl methyl sites for hydroxylation is 1. The van der Waals surface area contributed by atoms with Gasteiger partial charge in [-0.25, -0.2) is 0 Å². The zero-order valence-electron chi connectivity index (χ0n) is 9.67. The molecule has 0 aromatic heterocycles. The van der Waals surface area contributed by atoms with Crippen molar-refractivity contribution >= 4 is 0 Å². The van der Waals surface area contributed by atoms with Gasteiger partial charge in [-0.05, 0) is 37.4 Å². The lowest BCUT2D eigenvalue weighted by molar-refractivity contribution is 0.495. The molecule has 78 valence electrons. The molecule has 0 spiro atoms. The number of hydrogen-bond donors (Lipinski definition) is 1. The maximum absolute atomic E-state index is 3.54. The van der Waals surface area contributed by atoms with Crippen molar-refractivity contribution in [1.29, 1.82) is 0 Å². The average molecular weight is 191 g/mol. The second kappa shape index (κ2) is 5.16. The molecule has 1 heteroatoms. The fraction of sp³-hybridized carbons (Fsp3) is 0.538. The van der Waals surface area contributed by atoms with Gasteiger partial charge in [-0.3, -0.25) is 0 Å². The summed E-state index contributed by atoms with van der Waals surface area (Å²) in [4.78, 5) is 0. The van der Waals surface area contributed by atoms with Crippen molar-refractivity contribution in [1.82, 2.24) is 5.32 Å². The van der Waals surface area contributed by atoms with Crippen molar-refractivity contribution in [3.05, 3.63) is 35.4 Å². The fourth-order valence-corrected chi connectivity index (χ4v) is 1.60. The quantitative estimate of drug-likeness (QED) is 0.770. The van der Waals surface area contributed by atoms with Crippen LogP contribution in [0.4, 0.5) is 0 Å². The van der Waals surface area contributed by atoms with Crippen LogP contribution in [0, 0.1) is 12.8 Å². The van der Waals surface area contributed by atoms with E-state index < -0.39 is 0 Å². The lowest BCUT2D eigenvalue weighted by Gasteiger charge is -2.17. The minimum Gasteiger partial charge on any atom is -0.310 e. The summed E-state index contributed by atoms with van der Waals surface area (Å²) in [6.07, 6.45) is 0. The summed E-state index contributed by atoms with van der Waals surface area (Å²) in [6, 6.07) is 9.03. The van der Waals surface area contributed by atoms with Crippen LogP contribution >= 0.6 is 0 Å².